The van der Waals surface area contributed by atoms with Crippen LogP contribution >= 0.6 is 0 Å². The third-order valence-electron chi connectivity index (χ3n) is 4.95. The lowest BCUT2D eigenvalue weighted by molar-refractivity contribution is 0.0945. The van der Waals surface area contributed by atoms with Crippen LogP contribution in [0, 0.1) is 5.92 Å². The van der Waals surface area contributed by atoms with Crippen LogP contribution in [-0.4, -0.2) is 50.4 Å². The number of nitrogens with one attached hydrogen (secondary N) is 2. The molecule has 0 saturated carbocycles. The second-order valence-electron chi connectivity index (χ2n) is 6.64. The Morgan fingerprint density at radius 2 is 2.19 bits per heavy atom. The maximum atomic E-state index is 12.9. The minimum absolute atomic E-state index is 0.154. The molecule has 0 aromatic carbocycles. The van der Waals surface area contributed by atoms with Gasteiger partial charge in [0.1, 0.15) is 5.52 Å². The minimum Gasteiger partial charge on any atom is -0.379 e. The van der Waals surface area contributed by atoms with Crippen molar-refractivity contribution in [1.29, 1.82) is 0 Å². The number of fused-ring (bicyclic) bond motifs is 1. The summed E-state index contributed by atoms with van der Waals surface area (Å²) in [6.45, 7) is 5.19. The molecule has 4 rings (SSSR count). The van der Waals surface area contributed by atoms with Gasteiger partial charge in [-0.1, -0.05) is 0 Å². The van der Waals surface area contributed by atoms with E-state index in [-0.39, 0.29) is 11.7 Å². The van der Waals surface area contributed by atoms with E-state index in [2.05, 4.69) is 30.9 Å². The van der Waals surface area contributed by atoms with Gasteiger partial charge in [0, 0.05) is 19.3 Å². The fourth-order valence-corrected chi connectivity index (χ4v) is 3.51. The van der Waals surface area contributed by atoms with Crippen LogP contribution in [0.5, 0.6) is 0 Å². The molecule has 1 saturated heterocycles. The number of anilines is 1. The summed E-state index contributed by atoms with van der Waals surface area (Å²) in [6, 6.07) is 0. The molecule has 0 atom stereocenters. The molecule has 0 spiro atoms. The molecule has 0 bridgehead atoms. The number of aromatic nitrogens is 5. The van der Waals surface area contributed by atoms with E-state index in [1.807, 2.05) is 11.5 Å². The number of imidazole rings is 1. The molecule has 3 aromatic heterocycles. The lowest BCUT2D eigenvalue weighted by Crippen LogP contribution is -2.36. The third-order valence-corrected chi connectivity index (χ3v) is 4.95. The van der Waals surface area contributed by atoms with Gasteiger partial charge in [-0.15, -0.1) is 0 Å². The lowest BCUT2D eigenvalue weighted by atomic mass is 9.98. The number of hydrogen-bond acceptors (Lipinski definition) is 8. The van der Waals surface area contributed by atoms with Crippen LogP contribution in [0.1, 0.15) is 30.1 Å². The first-order valence-electron chi connectivity index (χ1n) is 9.10. The Morgan fingerprint density at radius 1 is 1.37 bits per heavy atom. The first-order chi connectivity index (χ1) is 13.2. The van der Waals surface area contributed by atoms with Crippen molar-refractivity contribution in [2.24, 2.45) is 5.92 Å². The number of piperidine rings is 1. The number of nitrogen functional groups attached to an aromatic ring is 1. The quantitative estimate of drug-likeness (QED) is 0.600. The predicted octanol–water partition coefficient (Wildman–Crippen LogP) is 0.813. The van der Waals surface area contributed by atoms with E-state index < -0.39 is 0 Å². The second kappa shape index (κ2) is 7.31. The van der Waals surface area contributed by atoms with Crippen molar-refractivity contribution >= 4 is 22.8 Å². The molecule has 3 aromatic rings. The zero-order valence-corrected chi connectivity index (χ0v) is 15.1. The molecule has 1 aliphatic rings. The molecular formula is C17H22N8O2. The highest BCUT2D eigenvalue weighted by Gasteiger charge is 2.23. The fraction of sp³-hybridized carbons (Fsp3) is 0.471. The minimum atomic E-state index is -0.154. The number of amides is 1. The van der Waals surface area contributed by atoms with Crippen LogP contribution in [0.25, 0.3) is 22.6 Å². The average Bonchev–Trinajstić information content (AvgIpc) is 3.29. The molecule has 0 radical (unpaired) electrons. The Bertz CT molecular complexity index is 957. The van der Waals surface area contributed by atoms with Gasteiger partial charge in [-0.25, -0.2) is 9.61 Å². The van der Waals surface area contributed by atoms with Crippen LogP contribution in [-0.2, 0) is 6.54 Å². The van der Waals surface area contributed by atoms with Crippen molar-refractivity contribution in [2.75, 3.05) is 25.4 Å². The summed E-state index contributed by atoms with van der Waals surface area (Å²) in [4.78, 5) is 21.6. The summed E-state index contributed by atoms with van der Waals surface area (Å²) < 4.78 is 6.58. The molecule has 27 heavy (non-hydrogen) atoms. The number of pyridine rings is 1. The van der Waals surface area contributed by atoms with E-state index in [0.717, 1.165) is 25.9 Å². The zero-order valence-electron chi connectivity index (χ0n) is 15.1. The molecule has 0 unspecified atom stereocenters. The third kappa shape index (κ3) is 3.23. The van der Waals surface area contributed by atoms with Crippen molar-refractivity contribution in [3.63, 3.8) is 0 Å². The predicted molar refractivity (Wildman–Crippen MR) is 98.8 cm³/mol. The first-order valence-corrected chi connectivity index (χ1v) is 9.10. The normalized spacial score (nSPS) is 15.3. The summed E-state index contributed by atoms with van der Waals surface area (Å²) in [7, 11) is 0. The smallest absolute Gasteiger partial charge is 0.255 e. The van der Waals surface area contributed by atoms with Gasteiger partial charge in [0.05, 0.1) is 17.3 Å². The number of hydrogen-bond donors (Lipinski definition) is 3. The number of carbonyl (C=O) groups excluding carboxylic acids is 1. The maximum Gasteiger partial charge on any atom is 0.255 e. The number of carbonyl (C=O) groups is 1. The Hall–Kier alpha value is -3.01. The van der Waals surface area contributed by atoms with Crippen LogP contribution in [0.2, 0.25) is 0 Å². The molecule has 1 fully saturated rings. The highest BCUT2D eigenvalue weighted by molar-refractivity contribution is 6.05. The monoisotopic (exact) mass is 370 g/mol. The molecule has 4 N–H and O–H groups in total. The molecule has 1 aliphatic heterocycles. The SMILES string of the molecule is CCn1c(-c2nonc2N)nc2cncc(C(=O)NCC3CCNCC3)c21. The standard InChI is InChI=1S/C17H22N8O2/c1-2-25-14-11(17(26)21-7-10-3-5-19-6-4-10)8-20-9-12(14)22-16(25)13-15(18)24-27-23-13/h8-10,19H,2-7H2,1H3,(H2,18,24)(H,21,26). The number of nitrogens with two attached hydrogens (primary N) is 1. The topological polar surface area (TPSA) is 137 Å². The van der Waals surface area contributed by atoms with Crippen LogP contribution in [0.3, 0.4) is 0 Å². The van der Waals surface area contributed by atoms with Crippen LogP contribution in [0.15, 0.2) is 17.0 Å². The van der Waals surface area contributed by atoms with Gasteiger partial charge in [0.15, 0.2) is 17.3 Å². The molecule has 4 heterocycles. The summed E-state index contributed by atoms with van der Waals surface area (Å²) in [6.07, 6.45) is 5.33. The summed E-state index contributed by atoms with van der Waals surface area (Å²) in [5.74, 6) is 1.01. The molecule has 0 aliphatic carbocycles. The van der Waals surface area contributed by atoms with E-state index in [1.54, 1.807) is 12.4 Å². The Balaban J connectivity index is 1.67. The lowest BCUT2D eigenvalue weighted by Gasteiger charge is -2.22. The molecule has 10 heteroatoms. The first kappa shape index (κ1) is 17.4. The largest absolute Gasteiger partial charge is 0.379 e. The van der Waals surface area contributed by atoms with E-state index in [9.17, 15) is 4.79 Å². The van der Waals surface area contributed by atoms with Crippen molar-refractivity contribution in [3.05, 3.63) is 18.0 Å². The summed E-state index contributed by atoms with van der Waals surface area (Å²) in [5, 5.41) is 13.8. The Morgan fingerprint density at radius 3 is 2.89 bits per heavy atom. The fourth-order valence-electron chi connectivity index (χ4n) is 3.51. The van der Waals surface area contributed by atoms with Gasteiger partial charge in [0.2, 0.25) is 0 Å². The maximum absolute atomic E-state index is 12.9. The number of nitrogens with zero attached hydrogens (tertiary/aromatic N) is 5. The summed E-state index contributed by atoms with van der Waals surface area (Å²) >= 11 is 0. The van der Waals surface area contributed by atoms with Crippen molar-refractivity contribution in [2.45, 2.75) is 26.3 Å². The van der Waals surface area contributed by atoms with Crippen molar-refractivity contribution in [3.8, 4) is 11.5 Å². The summed E-state index contributed by atoms with van der Waals surface area (Å²) in [5.41, 5.74) is 7.97. The van der Waals surface area contributed by atoms with E-state index in [0.29, 0.717) is 47.1 Å². The van der Waals surface area contributed by atoms with Gasteiger partial charge in [-0.3, -0.25) is 9.78 Å². The van der Waals surface area contributed by atoms with Gasteiger partial charge in [-0.05, 0) is 49.1 Å². The van der Waals surface area contributed by atoms with Gasteiger partial charge in [0.25, 0.3) is 5.91 Å². The van der Waals surface area contributed by atoms with Crippen molar-refractivity contribution in [1.82, 2.24) is 35.5 Å². The molecule has 10 nitrogen and oxygen atoms in total. The van der Waals surface area contributed by atoms with Gasteiger partial charge in [-0.2, -0.15) is 0 Å². The second-order valence-corrected chi connectivity index (χ2v) is 6.64. The van der Waals surface area contributed by atoms with E-state index in [1.165, 1.54) is 0 Å². The molecule has 1 amide bonds. The van der Waals surface area contributed by atoms with Gasteiger partial charge < -0.3 is 20.9 Å². The van der Waals surface area contributed by atoms with Gasteiger partial charge >= 0.3 is 0 Å². The van der Waals surface area contributed by atoms with Crippen molar-refractivity contribution < 1.29 is 9.42 Å². The highest BCUT2D eigenvalue weighted by Crippen LogP contribution is 2.28. The number of aryl methyl sites for hydroxylation is 1. The Kier molecular flexibility index (Phi) is 4.71. The molecule has 142 valence electrons. The average molecular weight is 370 g/mol. The van der Waals surface area contributed by atoms with E-state index in [4.69, 9.17) is 10.4 Å². The van der Waals surface area contributed by atoms with E-state index >= 15 is 0 Å². The Labute approximate surface area is 155 Å². The van der Waals surface area contributed by atoms with Crippen LogP contribution in [0.4, 0.5) is 5.82 Å². The highest BCUT2D eigenvalue weighted by atomic mass is 16.6. The number of rotatable bonds is 5. The van der Waals surface area contributed by atoms with Crippen LogP contribution < -0.4 is 16.4 Å². The zero-order chi connectivity index (χ0) is 18.8. The molecular weight excluding hydrogens is 348 g/mol.